The average Bonchev–Trinajstić information content (AvgIpc) is 2.95. The number of anilines is 1. The molecule has 26 heavy (non-hydrogen) atoms. The molecule has 1 heterocycles. The van der Waals surface area contributed by atoms with Gasteiger partial charge in [-0.25, -0.2) is 4.98 Å². The van der Waals surface area contributed by atoms with E-state index >= 15 is 0 Å². The van der Waals surface area contributed by atoms with Gasteiger partial charge in [0.05, 0.1) is 7.11 Å². The van der Waals surface area contributed by atoms with Crippen LogP contribution in [0.2, 0.25) is 0 Å². The molecule has 0 unspecified atom stereocenters. The van der Waals surface area contributed by atoms with E-state index in [1.165, 1.54) is 25.7 Å². The summed E-state index contributed by atoms with van der Waals surface area (Å²) in [4.78, 5) is 16.9. The summed E-state index contributed by atoms with van der Waals surface area (Å²) in [6.45, 7) is 0.644. The molecule has 138 valence electrons. The zero-order valence-electron chi connectivity index (χ0n) is 15.3. The number of carbonyl (C=O) groups is 1. The molecule has 0 bridgehead atoms. The maximum Gasteiger partial charge on any atom is 0.251 e. The number of hydrogen-bond donors (Lipinski definition) is 2. The molecule has 1 saturated carbocycles. The van der Waals surface area contributed by atoms with Crippen molar-refractivity contribution in [2.75, 3.05) is 12.4 Å². The second-order valence-electron chi connectivity index (χ2n) is 6.79. The van der Waals surface area contributed by atoms with Gasteiger partial charge in [0.2, 0.25) is 0 Å². The van der Waals surface area contributed by atoms with Crippen molar-refractivity contribution in [3.8, 4) is 5.75 Å². The van der Waals surface area contributed by atoms with Crippen molar-refractivity contribution in [1.82, 2.24) is 10.3 Å². The Kier molecular flexibility index (Phi) is 6.47. The summed E-state index contributed by atoms with van der Waals surface area (Å²) in [5, 5.41) is 6.46. The first kappa shape index (κ1) is 18.2. The van der Waals surface area contributed by atoms with Gasteiger partial charge in [-0.05, 0) is 42.7 Å². The summed E-state index contributed by atoms with van der Waals surface area (Å²) in [6, 6.07) is 11.8. The lowest BCUT2D eigenvalue weighted by Crippen LogP contribution is -2.34. The molecular weight excluding hydrogens is 326 g/mol. The molecule has 1 amide bonds. The second kappa shape index (κ2) is 9.22. The maximum atomic E-state index is 12.5. The van der Waals surface area contributed by atoms with E-state index in [0.717, 1.165) is 24.2 Å². The van der Waals surface area contributed by atoms with Crippen LogP contribution < -0.4 is 15.4 Å². The van der Waals surface area contributed by atoms with Crippen LogP contribution >= 0.6 is 0 Å². The number of pyridine rings is 1. The SMILES string of the molecule is COc1ccc(CNc2cc(C(=O)NC3CCCCCC3)ccn2)cc1. The fourth-order valence-corrected chi connectivity index (χ4v) is 3.30. The van der Waals surface area contributed by atoms with E-state index in [2.05, 4.69) is 15.6 Å². The number of methoxy groups -OCH3 is 1. The van der Waals surface area contributed by atoms with Crippen LogP contribution in [0, 0.1) is 0 Å². The molecule has 1 aliphatic carbocycles. The van der Waals surface area contributed by atoms with E-state index in [1.54, 1.807) is 19.4 Å². The summed E-state index contributed by atoms with van der Waals surface area (Å²) in [7, 11) is 1.66. The molecule has 0 radical (unpaired) electrons. The van der Waals surface area contributed by atoms with Crippen molar-refractivity contribution in [2.24, 2.45) is 0 Å². The highest BCUT2D eigenvalue weighted by atomic mass is 16.5. The van der Waals surface area contributed by atoms with Gasteiger partial charge < -0.3 is 15.4 Å². The number of aromatic nitrogens is 1. The summed E-state index contributed by atoms with van der Waals surface area (Å²) in [5.74, 6) is 1.53. The molecule has 1 aromatic heterocycles. The molecule has 5 nitrogen and oxygen atoms in total. The Morgan fingerprint density at radius 3 is 2.54 bits per heavy atom. The van der Waals surface area contributed by atoms with Gasteiger partial charge in [0.25, 0.3) is 5.91 Å². The topological polar surface area (TPSA) is 63.2 Å². The van der Waals surface area contributed by atoms with Crippen LogP contribution in [0.5, 0.6) is 5.75 Å². The van der Waals surface area contributed by atoms with E-state index in [9.17, 15) is 4.79 Å². The summed E-state index contributed by atoms with van der Waals surface area (Å²) >= 11 is 0. The van der Waals surface area contributed by atoms with E-state index in [0.29, 0.717) is 24.0 Å². The monoisotopic (exact) mass is 353 g/mol. The van der Waals surface area contributed by atoms with Crippen LogP contribution in [0.4, 0.5) is 5.82 Å². The smallest absolute Gasteiger partial charge is 0.251 e. The van der Waals surface area contributed by atoms with Crippen LogP contribution in [0.15, 0.2) is 42.6 Å². The van der Waals surface area contributed by atoms with E-state index in [-0.39, 0.29) is 5.91 Å². The molecule has 0 aliphatic heterocycles. The van der Waals surface area contributed by atoms with Gasteiger partial charge in [-0.1, -0.05) is 37.8 Å². The highest BCUT2D eigenvalue weighted by molar-refractivity contribution is 5.95. The van der Waals surface area contributed by atoms with Crippen molar-refractivity contribution >= 4 is 11.7 Å². The number of amides is 1. The predicted octanol–water partition coefficient (Wildman–Crippen LogP) is 4.15. The molecule has 2 N–H and O–H groups in total. The number of benzene rings is 1. The zero-order chi connectivity index (χ0) is 18.2. The van der Waals surface area contributed by atoms with Gasteiger partial charge in [0.1, 0.15) is 11.6 Å². The van der Waals surface area contributed by atoms with Crippen LogP contribution in [0.1, 0.15) is 54.4 Å². The molecular formula is C21H27N3O2. The third-order valence-electron chi connectivity index (χ3n) is 4.85. The molecule has 1 fully saturated rings. The first-order valence-electron chi connectivity index (χ1n) is 9.38. The second-order valence-corrected chi connectivity index (χ2v) is 6.79. The minimum atomic E-state index is -0.00759. The highest BCUT2D eigenvalue weighted by Crippen LogP contribution is 2.18. The number of carbonyl (C=O) groups excluding carboxylic acids is 1. The van der Waals surface area contributed by atoms with Crippen molar-refractivity contribution < 1.29 is 9.53 Å². The van der Waals surface area contributed by atoms with Crippen molar-refractivity contribution in [3.05, 3.63) is 53.7 Å². The summed E-state index contributed by atoms with van der Waals surface area (Å²) < 4.78 is 5.17. The van der Waals surface area contributed by atoms with Crippen LogP contribution in [0.25, 0.3) is 0 Å². The first-order chi connectivity index (χ1) is 12.7. The summed E-state index contributed by atoms with van der Waals surface area (Å²) in [5.41, 5.74) is 1.78. The Morgan fingerprint density at radius 2 is 1.85 bits per heavy atom. The Balaban J connectivity index is 1.57. The average molecular weight is 353 g/mol. The third kappa shape index (κ3) is 5.22. The van der Waals surface area contributed by atoms with E-state index < -0.39 is 0 Å². The van der Waals surface area contributed by atoms with Crippen molar-refractivity contribution in [2.45, 2.75) is 51.1 Å². The highest BCUT2D eigenvalue weighted by Gasteiger charge is 2.16. The first-order valence-corrected chi connectivity index (χ1v) is 9.38. The van der Waals surface area contributed by atoms with Gasteiger partial charge in [0, 0.05) is 24.3 Å². The van der Waals surface area contributed by atoms with Gasteiger partial charge in [-0.2, -0.15) is 0 Å². The van der Waals surface area contributed by atoms with Crippen LogP contribution in [-0.4, -0.2) is 24.0 Å². The Morgan fingerprint density at radius 1 is 1.12 bits per heavy atom. The number of hydrogen-bond acceptors (Lipinski definition) is 4. The molecule has 1 aromatic carbocycles. The van der Waals surface area contributed by atoms with E-state index in [1.807, 2.05) is 30.3 Å². The van der Waals surface area contributed by atoms with Crippen LogP contribution in [-0.2, 0) is 6.54 Å². The molecule has 0 saturated heterocycles. The van der Waals surface area contributed by atoms with Crippen molar-refractivity contribution in [1.29, 1.82) is 0 Å². The normalized spacial score (nSPS) is 15.1. The van der Waals surface area contributed by atoms with Gasteiger partial charge in [-0.15, -0.1) is 0 Å². The zero-order valence-corrected chi connectivity index (χ0v) is 15.3. The fraction of sp³-hybridized carbons (Fsp3) is 0.429. The predicted molar refractivity (Wildman–Crippen MR) is 104 cm³/mol. The largest absolute Gasteiger partial charge is 0.497 e. The minimum absolute atomic E-state index is 0.00759. The molecule has 1 aliphatic rings. The van der Waals surface area contributed by atoms with E-state index in [4.69, 9.17) is 4.74 Å². The van der Waals surface area contributed by atoms with Crippen molar-refractivity contribution in [3.63, 3.8) is 0 Å². The number of nitrogens with zero attached hydrogens (tertiary/aromatic N) is 1. The Hall–Kier alpha value is -2.56. The molecule has 0 atom stereocenters. The summed E-state index contributed by atoms with van der Waals surface area (Å²) in [6.07, 6.45) is 8.81. The Bertz CT molecular complexity index is 707. The number of ether oxygens (including phenoxy) is 1. The standard InChI is InChI=1S/C21H27N3O2/c1-26-19-10-8-16(9-11-19)15-23-20-14-17(12-13-22-20)21(25)24-18-6-4-2-3-5-7-18/h8-14,18H,2-7,15H2,1H3,(H,22,23)(H,24,25). The lowest BCUT2D eigenvalue weighted by Gasteiger charge is -2.16. The number of rotatable bonds is 6. The third-order valence-corrected chi connectivity index (χ3v) is 4.85. The lowest BCUT2D eigenvalue weighted by atomic mass is 10.1. The van der Waals surface area contributed by atoms with Gasteiger partial charge in [0.15, 0.2) is 0 Å². The van der Waals surface area contributed by atoms with Crippen LogP contribution in [0.3, 0.4) is 0 Å². The fourth-order valence-electron chi connectivity index (χ4n) is 3.30. The molecule has 0 spiro atoms. The molecule has 2 aromatic rings. The van der Waals surface area contributed by atoms with Gasteiger partial charge >= 0.3 is 0 Å². The number of nitrogens with one attached hydrogen (secondary N) is 2. The quantitative estimate of drug-likeness (QED) is 0.766. The Labute approximate surface area is 155 Å². The van der Waals surface area contributed by atoms with Gasteiger partial charge in [-0.3, -0.25) is 4.79 Å². The lowest BCUT2D eigenvalue weighted by molar-refractivity contribution is 0.0933. The molecule has 5 heteroatoms. The molecule has 3 rings (SSSR count). The minimum Gasteiger partial charge on any atom is -0.497 e. The maximum absolute atomic E-state index is 12.5.